The molecule has 0 spiro atoms. The quantitative estimate of drug-likeness (QED) is 0.720. The first-order valence-electron chi connectivity index (χ1n) is 7.97. The van der Waals surface area contributed by atoms with Crippen molar-refractivity contribution in [3.05, 3.63) is 35.9 Å². The maximum Gasteiger partial charge on any atom is 0.191 e. The monoisotopic (exact) mass is 328 g/mol. The number of hydrogen-bond donors (Lipinski definition) is 2. The molecule has 3 aromatic heterocycles. The number of rotatable bonds is 4. The highest BCUT2D eigenvalue weighted by Crippen LogP contribution is 2.26. The van der Waals surface area contributed by atoms with Crippen molar-refractivity contribution < 1.29 is 0 Å². The zero-order valence-corrected chi connectivity index (χ0v) is 13.9. The molecule has 0 unspecified atom stereocenters. The highest BCUT2D eigenvalue weighted by atomic mass is 32.2. The van der Waals surface area contributed by atoms with Crippen molar-refractivity contribution in [3.63, 3.8) is 0 Å². The summed E-state index contributed by atoms with van der Waals surface area (Å²) in [4.78, 5) is 7.79. The van der Waals surface area contributed by atoms with E-state index in [9.17, 15) is 0 Å². The Morgan fingerprint density at radius 3 is 3.13 bits per heavy atom. The van der Waals surface area contributed by atoms with Gasteiger partial charge < -0.3 is 14.9 Å². The first-order chi connectivity index (χ1) is 11.3. The van der Waals surface area contributed by atoms with E-state index < -0.39 is 0 Å². The van der Waals surface area contributed by atoms with Crippen molar-refractivity contribution >= 4 is 22.8 Å². The SMILES string of the molecule is Cn1c(SCc2ccc3cc[nH]c3n2)nnc1[C@H]1CCCNC1. The third kappa shape index (κ3) is 2.98. The zero-order valence-electron chi connectivity index (χ0n) is 13.1. The van der Waals surface area contributed by atoms with Gasteiger partial charge in [0.1, 0.15) is 11.5 Å². The predicted octanol–water partition coefficient (Wildman–Crippen LogP) is 2.45. The van der Waals surface area contributed by atoms with Crippen molar-refractivity contribution in [2.24, 2.45) is 7.05 Å². The van der Waals surface area contributed by atoms with E-state index in [2.05, 4.69) is 49.2 Å². The van der Waals surface area contributed by atoms with E-state index in [1.165, 1.54) is 12.8 Å². The maximum absolute atomic E-state index is 4.63. The molecule has 2 N–H and O–H groups in total. The molecule has 4 heterocycles. The highest BCUT2D eigenvalue weighted by Gasteiger charge is 2.21. The molecule has 1 aliphatic heterocycles. The summed E-state index contributed by atoms with van der Waals surface area (Å²) in [6.45, 7) is 2.12. The van der Waals surface area contributed by atoms with Crippen LogP contribution in [-0.2, 0) is 12.8 Å². The van der Waals surface area contributed by atoms with Gasteiger partial charge in [-0.1, -0.05) is 11.8 Å². The predicted molar refractivity (Wildman–Crippen MR) is 91.5 cm³/mol. The van der Waals surface area contributed by atoms with E-state index >= 15 is 0 Å². The van der Waals surface area contributed by atoms with Crippen molar-refractivity contribution in [1.82, 2.24) is 30.0 Å². The highest BCUT2D eigenvalue weighted by molar-refractivity contribution is 7.98. The topological polar surface area (TPSA) is 71.4 Å². The molecule has 0 bridgehead atoms. The summed E-state index contributed by atoms with van der Waals surface area (Å²) in [6, 6.07) is 6.21. The fourth-order valence-electron chi connectivity index (χ4n) is 3.07. The molecule has 1 saturated heterocycles. The van der Waals surface area contributed by atoms with Crippen LogP contribution in [0.25, 0.3) is 11.0 Å². The second-order valence-electron chi connectivity index (χ2n) is 5.95. The molecule has 23 heavy (non-hydrogen) atoms. The van der Waals surface area contributed by atoms with E-state index in [0.717, 1.165) is 46.6 Å². The normalized spacial score (nSPS) is 18.6. The Balaban J connectivity index is 1.47. The first-order valence-corrected chi connectivity index (χ1v) is 8.95. The molecule has 1 fully saturated rings. The smallest absolute Gasteiger partial charge is 0.191 e. The molecule has 4 rings (SSSR count). The van der Waals surface area contributed by atoms with Gasteiger partial charge in [-0.2, -0.15) is 0 Å². The van der Waals surface area contributed by atoms with Gasteiger partial charge in [-0.15, -0.1) is 10.2 Å². The second-order valence-corrected chi connectivity index (χ2v) is 6.89. The maximum atomic E-state index is 4.63. The minimum Gasteiger partial charge on any atom is -0.346 e. The zero-order chi connectivity index (χ0) is 15.6. The summed E-state index contributed by atoms with van der Waals surface area (Å²) >= 11 is 1.69. The molecular formula is C16H20N6S. The third-order valence-corrected chi connectivity index (χ3v) is 5.40. The lowest BCUT2D eigenvalue weighted by Crippen LogP contribution is -2.29. The molecule has 1 aliphatic rings. The molecule has 0 saturated carbocycles. The Hall–Kier alpha value is -1.86. The van der Waals surface area contributed by atoms with Crippen LogP contribution >= 0.6 is 11.8 Å². The number of pyridine rings is 1. The molecule has 1 atom stereocenters. The Bertz CT molecular complexity index is 802. The van der Waals surface area contributed by atoms with Gasteiger partial charge in [-0.05, 0) is 37.6 Å². The van der Waals surface area contributed by atoms with Gasteiger partial charge >= 0.3 is 0 Å². The first kappa shape index (κ1) is 14.7. The Kier molecular flexibility index (Phi) is 4.05. The van der Waals surface area contributed by atoms with E-state index in [1.807, 2.05) is 12.3 Å². The Morgan fingerprint density at radius 1 is 1.30 bits per heavy atom. The summed E-state index contributed by atoms with van der Waals surface area (Å²) < 4.78 is 2.13. The van der Waals surface area contributed by atoms with Crippen LogP contribution in [0, 0.1) is 0 Å². The number of aromatic nitrogens is 5. The summed E-state index contributed by atoms with van der Waals surface area (Å²) in [6.07, 6.45) is 4.32. The van der Waals surface area contributed by atoms with E-state index in [4.69, 9.17) is 0 Å². The van der Waals surface area contributed by atoms with Gasteiger partial charge in [0.25, 0.3) is 0 Å². The number of piperidine rings is 1. The van der Waals surface area contributed by atoms with Crippen molar-refractivity contribution in [1.29, 1.82) is 0 Å². The minimum absolute atomic E-state index is 0.476. The van der Waals surface area contributed by atoms with E-state index in [0.29, 0.717) is 5.92 Å². The number of nitrogens with one attached hydrogen (secondary N) is 2. The lowest BCUT2D eigenvalue weighted by atomic mass is 9.99. The van der Waals surface area contributed by atoms with Gasteiger partial charge in [0.2, 0.25) is 0 Å². The van der Waals surface area contributed by atoms with Crippen molar-refractivity contribution in [3.8, 4) is 0 Å². The molecule has 6 nitrogen and oxygen atoms in total. The molecule has 0 aromatic carbocycles. The van der Waals surface area contributed by atoms with E-state index in [-0.39, 0.29) is 0 Å². The fraction of sp³-hybridized carbons (Fsp3) is 0.438. The molecule has 0 radical (unpaired) electrons. The molecule has 0 amide bonds. The van der Waals surface area contributed by atoms with Crippen LogP contribution in [0.15, 0.2) is 29.6 Å². The average Bonchev–Trinajstić information content (AvgIpc) is 3.20. The number of hydrogen-bond acceptors (Lipinski definition) is 5. The van der Waals surface area contributed by atoms with Crippen LogP contribution < -0.4 is 5.32 Å². The molecule has 120 valence electrons. The van der Waals surface area contributed by atoms with Gasteiger partial charge in [-0.3, -0.25) is 0 Å². The van der Waals surface area contributed by atoms with Crippen LogP contribution in [0.3, 0.4) is 0 Å². The van der Waals surface area contributed by atoms with Gasteiger partial charge in [-0.25, -0.2) is 4.98 Å². The van der Waals surface area contributed by atoms with Gasteiger partial charge in [0.15, 0.2) is 5.16 Å². The van der Waals surface area contributed by atoms with Crippen LogP contribution in [0.2, 0.25) is 0 Å². The fourth-order valence-corrected chi connectivity index (χ4v) is 3.89. The Morgan fingerprint density at radius 2 is 2.26 bits per heavy atom. The molecular weight excluding hydrogens is 308 g/mol. The summed E-state index contributed by atoms with van der Waals surface area (Å²) in [5, 5.41) is 14.3. The van der Waals surface area contributed by atoms with Crippen molar-refractivity contribution in [2.45, 2.75) is 29.7 Å². The third-order valence-electron chi connectivity index (χ3n) is 4.35. The summed E-state index contributed by atoms with van der Waals surface area (Å²) in [5.74, 6) is 2.36. The number of fused-ring (bicyclic) bond motifs is 1. The lowest BCUT2D eigenvalue weighted by Gasteiger charge is -2.21. The number of nitrogens with zero attached hydrogens (tertiary/aromatic N) is 4. The largest absolute Gasteiger partial charge is 0.346 e. The molecule has 3 aromatic rings. The van der Waals surface area contributed by atoms with Gasteiger partial charge in [0, 0.05) is 36.8 Å². The number of thioether (sulfide) groups is 1. The number of aromatic amines is 1. The standard InChI is InChI=1S/C16H20N6S/c1-22-15(12-3-2-7-17-9-12)20-21-16(22)23-10-13-5-4-11-6-8-18-14(11)19-13/h4-6,8,12,17H,2-3,7,9-10H2,1H3,(H,18,19)/t12-/m0/s1. The number of H-pyrrole nitrogens is 1. The summed E-state index contributed by atoms with van der Waals surface area (Å²) in [7, 11) is 2.06. The van der Waals surface area contributed by atoms with Crippen LogP contribution in [0.5, 0.6) is 0 Å². The van der Waals surface area contributed by atoms with Crippen molar-refractivity contribution in [2.75, 3.05) is 13.1 Å². The van der Waals surface area contributed by atoms with E-state index in [1.54, 1.807) is 11.8 Å². The summed E-state index contributed by atoms with van der Waals surface area (Å²) in [5.41, 5.74) is 1.99. The minimum atomic E-state index is 0.476. The van der Waals surface area contributed by atoms with Gasteiger partial charge in [0.05, 0.1) is 5.69 Å². The average molecular weight is 328 g/mol. The van der Waals surface area contributed by atoms with Crippen LogP contribution in [0.4, 0.5) is 0 Å². The Labute approximate surface area is 139 Å². The molecule has 0 aliphatic carbocycles. The lowest BCUT2D eigenvalue weighted by molar-refractivity contribution is 0.436. The second kappa shape index (κ2) is 6.33. The van der Waals surface area contributed by atoms with Crippen LogP contribution in [-0.4, -0.2) is 37.8 Å². The van der Waals surface area contributed by atoms with Crippen LogP contribution in [0.1, 0.15) is 30.3 Å². The molecule has 7 heteroatoms.